The first-order valence-electron chi connectivity index (χ1n) is 6.06. The minimum absolute atomic E-state index is 0.116. The Morgan fingerprint density at radius 2 is 2.06 bits per heavy atom. The number of aliphatic hydroxyl groups is 1. The third-order valence-electron chi connectivity index (χ3n) is 3.63. The molecule has 0 spiro atoms. The Labute approximate surface area is 105 Å². The van der Waals surface area contributed by atoms with Crippen molar-refractivity contribution in [3.8, 4) is 0 Å². The molecule has 17 heavy (non-hydrogen) atoms. The van der Waals surface area contributed by atoms with Crippen LogP contribution in [0.2, 0.25) is 0 Å². The Morgan fingerprint density at radius 1 is 1.29 bits per heavy atom. The molecular formula is C13H16N2OS. The molecule has 2 N–H and O–H groups in total. The SMILES string of the molecule is OCC1(Nc2snc3ccccc23)CCCC1. The third kappa shape index (κ3) is 1.91. The zero-order valence-electron chi connectivity index (χ0n) is 9.65. The van der Waals surface area contributed by atoms with Crippen molar-refractivity contribution in [2.45, 2.75) is 31.2 Å². The number of anilines is 1. The van der Waals surface area contributed by atoms with Crippen LogP contribution in [-0.4, -0.2) is 21.6 Å². The summed E-state index contributed by atoms with van der Waals surface area (Å²) in [5, 5.41) is 15.4. The lowest BCUT2D eigenvalue weighted by atomic mass is 9.99. The monoisotopic (exact) mass is 248 g/mol. The topological polar surface area (TPSA) is 45.1 Å². The van der Waals surface area contributed by atoms with Gasteiger partial charge in [-0.1, -0.05) is 25.0 Å². The van der Waals surface area contributed by atoms with Crippen LogP contribution in [0.1, 0.15) is 25.7 Å². The minimum Gasteiger partial charge on any atom is -0.394 e. The van der Waals surface area contributed by atoms with Crippen molar-refractivity contribution in [3.05, 3.63) is 24.3 Å². The number of benzene rings is 1. The van der Waals surface area contributed by atoms with Crippen molar-refractivity contribution in [1.29, 1.82) is 0 Å². The maximum Gasteiger partial charge on any atom is 0.117 e. The van der Waals surface area contributed by atoms with Gasteiger partial charge in [0.25, 0.3) is 0 Å². The zero-order chi connectivity index (χ0) is 11.7. The molecule has 0 bridgehead atoms. The van der Waals surface area contributed by atoms with Gasteiger partial charge in [0.15, 0.2) is 0 Å². The molecule has 1 aromatic carbocycles. The Bertz CT molecular complexity index is 517. The van der Waals surface area contributed by atoms with Gasteiger partial charge in [-0.2, -0.15) is 4.37 Å². The van der Waals surface area contributed by atoms with Crippen LogP contribution in [0.3, 0.4) is 0 Å². The Kier molecular flexibility index (Phi) is 2.76. The summed E-state index contributed by atoms with van der Waals surface area (Å²) in [7, 11) is 0. The second-order valence-electron chi connectivity index (χ2n) is 4.80. The van der Waals surface area contributed by atoms with Gasteiger partial charge in [0, 0.05) is 5.39 Å². The van der Waals surface area contributed by atoms with Gasteiger partial charge in [0.05, 0.1) is 17.7 Å². The Balaban J connectivity index is 1.94. The van der Waals surface area contributed by atoms with Crippen molar-refractivity contribution >= 4 is 27.4 Å². The van der Waals surface area contributed by atoms with E-state index in [2.05, 4.69) is 15.8 Å². The number of rotatable bonds is 3. The van der Waals surface area contributed by atoms with Crippen LogP contribution in [0.5, 0.6) is 0 Å². The number of aliphatic hydroxyl groups excluding tert-OH is 1. The van der Waals surface area contributed by atoms with Crippen LogP contribution in [0.25, 0.3) is 10.9 Å². The largest absolute Gasteiger partial charge is 0.394 e. The molecule has 3 nitrogen and oxygen atoms in total. The molecular weight excluding hydrogens is 232 g/mol. The molecule has 1 aromatic heterocycles. The molecule has 2 aromatic rings. The summed E-state index contributed by atoms with van der Waals surface area (Å²) in [6.07, 6.45) is 4.50. The number of hydrogen-bond acceptors (Lipinski definition) is 4. The average molecular weight is 248 g/mol. The molecule has 0 atom stereocenters. The molecule has 1 saturated carbocycles. The van der Waals surface area contributed by atoms with Crippen LogP contribution in [-0.2, 0) is 0 Å². The first-order chi connectivity index (χ1) is 8.33. The number of aromatic nitrogens is 1. The highest BCUT2D eigenvalue weighted by molar-refractivity contribution is 7.11. The second kappa shape index (κ2) is 4.27. The molecule has 1 fully saturated rings. The maximum absolute atomic E-state index is 9.61. The van der Waals surface area contributed by atoms with E-state index < -0.39 is 0 Å². The summed E-state index contributed by atoms with van der Waals surface area (Å²) in [4.78, 5) is 0. The predicted molar refractivity (Wildman–Crippen MR) is 71.5 cm³/mol. The fraction of sp³-hybridized carbons (Fsp3) is 0.462. The molecule has 90 valence electrons. The van der Waals surface area contributed by atoms with Gasteiger partial charge in [0.1, 0.15) is 5.00 Å². The zero-order valence-corrected chi connectivity index (χ0v) is 10.5. The normalized spacial score (nSPS) is 18.6. The number of fused-ring (bicyclic) bond motifs is 1. The van der Waals surface area contributed by atoms with E-state index >= 15 is 0 Å². The van der Waals surface area contributed by atoms with Gasteiger partial charge in [-0.3, -0.25) is 0 Å². The summed E-state index contributed by atoms with van der Waals surface area (Å²) >= 11 is 1.49. The van der Waals surface area contributed by atoms with Gasteiger partial charge < -0.3 is 10.4 Å². The fourth-order valence-electron chi connectivity index (χ4n) is 2.59. The molecule has 0 unspecified atom stereocenters. The van der Waals surface area contributed by atoms with Crippen molar-refractivity contribution in [3.63, 3.8) is 0 Å². The smallest absolute Gasteiger partial charge is 0.117 e. The molecule has 0 aliphatic heterocycles. The van der Waals surface area contributed by atoms with Gasteiger partial charge in [-0.05, 0) is 36.5 Å². The van der Waals surface area contributed by atoms with Crippen LogP contribution in [0.15, 0.2) is 24.3 Å². The second-order valence-corrected chi connectivity index (χ2v) is 5.57. The highest BCUT2D eigenvalue weighted by atomic mass is 32.1. The summed E-state index contributed by atoms with van der Waals surface area (Å²) in [6, 6.07) is 8.14. The predicted octanol–water partition coefficient (Wildman–Crippen LogP) is 3.01. The lowest BCUT2D eigenvalue weighted by Gasteiger charge is -2.28. The number of hydrogen-bond donors (Lipinski definition) is 2. The van der Waals surface area contributed by atoms with Crippen molar-refractivity contribution in [2.24, 2.45) is 0 Å². The molecule has 0 amide bonds. The number of nitrogens with one attached hydrogen (secondary N) is 1. The van der Waals surface area contributed by atoms with Crippen LogP contribution in [0.4, 0.5) is 5.00 Å². The third-order valence-corrected chi connectivity index (χ3v) is 4.42. The van der Waals surface area contributed by atoms with Gasteiger partial charge in [0.2, 0.25) is 0 Å². The first-order valence-corrected chi connectivity index (χ1v) is 6.84. The number of nitrogens with zero attached hydrogens (tertiary/aromatic N) is 1. The van der Waals surface area contributed by atoms with E-state index in [1.807, 2.05) is 18.2 Å². The minimum atomic E-state index is -0.116. The van der Waals surface area contributed by atoms with Gasteiger partial charge in [-0.15, -0.1) is 0 Å². The van der Waals surface area contributed by atoms with E-state index in [1.165, 1.54) is 24.4 Å². The Hall–Kier alpha value is -1.13. The first kappa shape index (κ1) is 11.0. The summed E-state index contributed by atoms with van der Waals surface area (Å²) in [5.74, 6) is 0. The van der Waals surface area contributed by atoms with Gasteiger partial charge in [-0.25, -0.2) is 0 Å². The lowest BCUT2D eigenvalue weighted by molar-refractivity contribution is 0.214. The fourth-order valence-corrected chi connectivity index (χ4v) is 3.48. The van der Waals surface area contributed by atoms with Crippen LogP contribution < -0.4 is 5.32 Å². The molecule has 1 aliphatic carbocycles. The molecule has 0 saturated heterocycles. The van der Waals surface area contributed by atoms with Crippen LogP contribution in [0, 0.1) is 0 Å². The quantitative estimate of drug-likeness (QED) is 0.877. The van der Waals surface area contributed by atoms with E-state index in [9.17, 15) is 5.11 Å². The summed E-state index contributed by atoms with van der Waals surface area (Å²) in [5.41, 5.74) is 0.918. The van der Waals surface area contributed by atoms with E-state index in [1.54, 1.807) is 0 Å². The van der Waals surface area contributed by atoms with Crippen molar-refractivity contribution in [1.82, 2.24) is 4.37 Å². The standard InChI is InChI=1S/C13H16N2OS/c16-9-13(7-3-4-8-13)14-12-10-5-1-2-6-11(10)15-17-12/h1-2,5-6,14,16H,3-4,7-9H2. The maximum atomic E-state index is 9.61. The van der Waals surface area contributed by atoms with E-state index in [4.69, 9.17) is 0 Å². The van der Waals surface area contributed by atoms with Gasteiger partial charge >= 0.3 is 0 Å². The molecule has 0 radical (unpaired) electrons. The molecule has 4 heteroatoms. The lowest BCUT2D eigenvalue weighted by Crippen LogP contribution is -2.38. The molecule has 3 rings (SSSR count). The van der Waals surface area contributed by atoms with Crippen LogP contribution >= 0.6 is 11.5 Å². The Morgan fingerprint density at radius 3 is 2.82 bits per heavy atom. The summed E-state index contributed by atoms with van der Waals surface area (Å²) < 4.78 is 4.42. The van der Waals surface area contributed by atoms with E-state index in [0.29, 0.717) is 0 Å². The highest BCUT2D eigenvalue weighted by Gasteiger charge is 2.33. The molecule has 1 heterocycles. The highest BCUT2D eigenvalue weighted by Crippen LogP contribution is 2.36. The average Bonchev–Trinajstić information content (AvgIpc) is 2.99. The summed E-state index contributed by atoms with van der Waals surface area (Å²) in [6.45, 7) is 0.208. The molecule has 1 aliphatic rings. The van der Waals surface area contributed by atoms with Crippen molar-refractivity contribution < 1.29 is 5.11 Å². The van der Waals surface area contributed by atoms with E-state index in [-0.39, 0.29) is 12.1 Å². The van der Waals surface area contributed by atoms with Crippen molar-refractivity contribution in [2.75, 3.05) is 11.9 Å². The van der Waals surface area contributed by atoms with E-state index in [0.717, 1.165) is 28.7 Å².